The molecular formula is C13H16F3N5S. The number of halogens is 3. The molecule has 2 aromatic heterocycles. The van der Waals surface area contributed by atoms with Crippen molar-refractivity contribution in [2.24, 2.45) is 0 Å². The summed E-state index contributed by atoms with van der Waals surface area (Å²) in [5, 5.41) is 7.45. The zero-order chi connectivity index (χ0) is 15.9. The minimum Gasteiger partial charge on any atom is -0.367 e. The number of nitrogens with zero attached hydrogens (tertiary/aromatic N) is 4. The summed E-state index contributed by atoms with van der Waals surface area (Å²) < 4.78 is 39.5. The van der Waals surface area contributed by atoms with Gasteiger partial charge in [-0.3, -0.25) is 0 Å². The zero-order valence-electron chi connectivity index (χ0n) is 12.2. The molecule has 1 fully saturated rings. The molecule has 2 aromatic rings. The Kier molecular flexibility index (Phi) is 3.92. The third kappa shape index (κ3) is 2.99. The summed E-state index contributed by atoms with van der Waals surface area (Å²) in [5.41, 5.74) is 0.607. The number of aromatic nitrogens is 4. The van der Waals surface area contributed by atoms with E-state index >= 15 is 0 Å². The van der Waals surface area contributed by atoms with Gasteiger partial charge in [-0.15, -0.1) is 5.10 Å². The number of anilines is 1. The zero-order valence-corrected chi connectivity index (χ0v) is 13.0. The monoisotopic (exact) mass is 331 g/mol. The number of aryl methyl sites for hydroxylation is 1. The van der Waals surface area contributed by atoms with Crippen molar-refractivity contribution in [1.82, 2.24) is 19.6 Å². The summed E-state index contributed by atoms with van der Waals surface area (Å²) in [4.78, 5) is 7.50. The van der Waals surface area contributed by atoms with Gasteiger partial charge < -0.3 is 5.32 Å². The predicted molar refractivity (Wildman–Crippen MR) is 79.1 cm³/mol. The van der Waals surface area contributed by atoms with Gasteiger partial charge in [0.1, 0.15) is 5.82 Å². The molecule has 0 aliphatic heterocycles. The maximum absolute atomic E-state index is 12.8. The molecule has 1 aliphatic rings. The Bertz CT molecular complexity index is 684. The van der Waals surface area contributed by atoms with Gasteiger partial charge in [0.2, 0.25) is 0 Å². The van der Waals surface area contributed by atoms with E-state index in [4.69, 9.17) is 0 Å². The summed E-state index contributed by atoms with van der Waals surface area (Å²) in [5.74, 6) is -0.687. The van der Waals surface area contributed by atoms with Crippen LogP contribution in [-0.2, 0) is 6.18 Å². The van der Waals surface area contributed by atoms with Crippen LogP contribution in [0.15, 0.2) is 6.07 Å². The van der Waals surface area contributed by atoms with Crippen molar-refractivity contribution in [3.8, 4) is 0 Å². The number of rotatable bonds is 3. The van der Waals surface area contributed by atoms with E-state index in [1.165, 1.54) is 0 Å². The van der Waals surface area contributed by atoms with Crippen LogP contribution < -0.4 is 5.32 Å². The predicted octanol–water partition coefficient (Wildman–Crippen LogP) is 3.15. The van der Waals surface area contributed by atoms with Crippen molar-refractivity contribution >= 4 is 23.4 Å². The number of fused-ring (bicyclic) bond motifs is 1. The normalized spacial score (nSPS) is 22.4. The lowest BCUT2D eigenvalue weighted by molar-refractivity contribution is -0.144. The van der Waals surface area contributed by atoms with E-state index in [0.717, 1.165) is 23.8 Å². The molecule has 1 saturated carbocycles. The molecule has 2 heterocycles. The molecule has 9 heteroatoms. The molecular weight excluding hydrogens is 315 g/mol. The van der Waals surface area contributed by atoms with E-state index in [1.807, 2.05) is 11.8 Å². The van der Waals surface area contributed by atoms with Gasteiger partial charge in [0, 0.05) is 23.1 Å². The minimum absolute atomic E-state index is 0.0331. The molecule has 0 radical (unpaired) electrons. The average molecular weight is 331 g/mol. The lowest BCUT2D eigenvalue weighted by Gasteiger charge is -2.15. The first-order valence-corrected chi connectivity index (χ1v) is 8.26. The Morgan fingerprint density at radius 2 is 2.09 bits per heavy atom. The van der Waals surface area contributed by atoms with Gasteiger partial charge >= 0.3 is 6.18 Å². The molecule has 0 unspecified atom stereocenters. The van der Waals surface area contributed by atoms with Gasteiger partial charge in [-0.1, -0.05) is 0 Å². The van der Waals surface area contributed by atoms with E-state index in [-0.39, 0.29) is 11.8 Å². The van der Waals surface area contributed by atoms with Crippen LogP contribution in [0.1, 0.15) is 30.8 Å². The van der Waals surface area contributed by atoms with Crippen LogP contribution in [0.25, 0.3) is 5.78 Å². The second-order valence-electron chi connectivity index (χ2n) is 5.44. The fourth-order valence-electron chi connectivity index (χ4n) is 2.70. The van der Waals surface area contributed by atoms with Gasteiger partial charge in [0.15, 0.2) is 0 Å². The van der Waals surface area contributed by atoms with Crippen LogP contribution in [0.4, 0.5) is 19.0 Å². The highest BCUT2D eigenvalue weighted by molar-refractivity contribution is 7.99. The number of nitrogens with one attached hydrogen (secondary N) is 1. The Hall–Kier alpha value is -1.51. The van der Waals surface area contributed by atoms with Crippen LogP contribution in [0.3, 0.4) is 0 Å². The summed E-state index contributed by atoms with van der Waals surface area (Å²) in [6, 6.07) is 1.94. The molecule has 22 heavy (non-hydrogen) atoms. The maximum Gasteiger partial charge on any atom is 0.453 e. The van der Waals surface area contributed by atoms with Crippen LogP contribution >= 0.6 is 11.8 Å². The topological polar surface area (TPSA) is 55.1 Å². The molecule has 2 atom stereocenters. The minimum atomic E-state index is -4.57. The van der Waals surface area contributed by atoms with E-state index in [9.17, 15) is 13.2 Å². The molecule has 0 saturated heterocycles. The van der Waals surface area contributed by atoms with Crippen molar-refractivity contribution in [2.75, 3.05) is 11.6 Å². The van der Waals surface area contributed by atoms with Gasteiger partial charge in [0.05, 0.1) is 0 Å². The fourth-order valence-corrected chi connectivity index (χ4v) is 3.50. The Morgan fingerprint density at radius 3 is 2.73 bits per heavy atom. The van der Waals surface area contributed by atoms with Crippen molar-refractivity contribution in [2.45, 2.75) is 43.7 Å². The molecule has 1 aliphatic carbocycles. The molecule has 5 nitrogen and oxygen atoms in total. The molecule has 0 bridgehead atoms. The Labute approximate surface area is 129 Å². The first kappa shape index (κ1) is 15.4. The average Bonchev–Trinajstić information content (AvgIpc) is 3.04. The molecule has 120 valence electrons. The van der Waals surface area contributed by atoms with E-state index < -0.39 is 12.0 Å². The highest BCUT2D eigenvalue weighted by atomic mass is 32.2. The number of alkyl halides is 3. The third-order valence-corrected chi connectivity index (χ3v) is 4.86. The van der Waals surface area contributed by atoms with Gasteiger partial charge in [-0.25, -0.2) is 4.98 Å². The quantitative estimate of drug-likeness (QED) is 0.936. The molecule has 0 spiro atoms. The molecule has 1 N–H and O–H groups in total. The van der Waals surface area contributed by atoms with Crippen LogP contribution in [0.2, 0.25) is 0 Å². The van der Waals surface area contributed by atoms with Crippen molar-refractivity contribution < 1.29 is 13.2 Å². The second-order valence-corrected chi connectivity index (χ2v) is 6.58. The molecule has 0 amide bonds. The number of hydrogen-bond donors (Lipinski definition) is 1. The highest BCUT2D eigenvalue weighted by Gasteiger charge is 2.37. The highest BCUT2D eigenvalue weighted by Crippen LogP contribution is 2.31. The third-order valence-electron chi connectivity index (χ3n) is 3.76. The Morgan fingerprint density at radius 1 is 1.32 bits per heavy atom. The van der Waals surface area contributed by atoms with Crippen molar-refractivity contribution in [3.05, 3.63) is 17.6 Å². The summed E-state index contributed by atoms with van der Waals surface area (Å²) in [6.45, 7) is 1.73. The summed E-state index contributed by atoms with van der Waals surface area (Å²) >= 11 is 1.83. The first-order valence-electron chi connectivity index (χ1n) is 6.98. The Balaban J connectivity index is 1.93. The standard InChI is InChI=1S/C13H16F3N5S/c1-7-5-10(18-8-3-4-9(6-8)22-2)21-12(17-7)19-11(20-21)13(14,15)16/h5,8-9,18H,3-4,6H2,1-2H3/t8-,9+/m1/s1. The largest absolute Gasteiger partial charge is 0.453 e. The number of hydrogen-bond acceptors (Lipinski definition) is 5. The van der Waals surface area contributed by atoms with Crippen LogP contribution in [-0.4, -0.2) is 37.1 Å². The van der Waals surface area contributed by atoms with E-state index in [1.54, 1.807) is 13.0 Å². The van der Waals surface area contributed by atoms with Gasteiger partial charge in [0.25, 0.3) is 11.6 Å². The van der Waals surface area contributed by atoms with E-state index in [0.29, 0.717) is 16.8 Å². The SMILES string of the molecule is CS[C@H]1CC[C@@H](Nc2cc(C)nc3nc(C(F)(F)F)nn23)C1. The lowest BCUT2D eigenvalue weighted by atomic mass is 10.2. The molecule has 0 aromatic carbocycles. The molecule has 3 rings (SSSR count). The van der Waals surface area contributed by atoms with Gasteiger partial charge in [-0.2, -0.15) is 34.4 Å². The first-order chi connectivity index (χ1) is 10.4. The van der Waals surface area contributed by atoms with Crippen molar-refractivity contribution in [3.63, 3.8) is 0 Å². The number of thioether (sulfide) groups is 1. The summed E-state index contributed by atoms with van der Waals surface area (Å²) in [6.07, 6.45) is 0.599. The van der Waals surface area contributed by atoms with E-state index in [2.05, 4.69) is 26.6 Å². The smallest absolute Gasteiger partial charge is 0.367 e. The fraction of sp³-hybridized carbons (Fsp3) is 0.615. The van der Waals surface area contributed by atoms with Gasteiger partial charge in [-0.05, 0) is 32.4 Å². The maximum atomic E-state index is 12.8. The lowest BCUT2D eigenvalue weighted by Crippen LogP contribution is -2.19. The second kappa shape index (κ2) is 5.60. The van der Waals surface area contributed by atoms with Crippen LogP contribution in [0.5, 0.6) is 0 Å². The van der Waals surface area contributed by atoms with Crippen molar-refractivity contribution in [1.29, 1.82) is 0 Å². The van der Waals surface area contributed by atoms with Crippen LogP contribution in [0, 0.1) is 6.92 Å². The summed E-state index contributed by atoms with van der Waals surface area (Å²) in [7, 11) is 0.